The zero-order valence-electron chi connectivity index (χ0n) is 17.1. The molecule has 0 aromatic heterocycles. The average Bonchev–Trinajstić information content (AvgIpc) is 3.19. The Hall–Kier alpha value is -3.06. The number of halogens is 1. The van der Waals surface area contributed by atoms with Gasteiger partial charge in [0.1, 0.15) is 35.6 Å². The Bertz CT molecular complexity index is 975. The van der Waals surface area contributed by atoms with Gasteiger partial charge in [0.2, 0.25) is 0 Å². The van der Waals surface area contributed by atoms with E-state index in [1.54, 1.807) is 38.5 Å². The quantitative estimate of drug-likeness (QED) is 0.642. The Labute approximate surface area is 176 Å². The molecular formula is C24H24FNO4. The van der Waals surface area contributed by atoms with Crippen LogP contribution in [0.25, 0.3) is 0 Å². The minimum Gasteiger partial charge on any atom is -0.481 e. The number of nitriles is 1. The standard InChI is InChI=1S/C24H24FNO4/c1-27-23-9-4-10-24(23,28-2)19-15-20(25)17-22(16-19)29-12-5-7-18-6-3-8-21(14-18)30-13-11-26/h3,6,8,14-17,23H,4,9-10,12-13H2,1-2H3. The van der Waals surface area contributed by atoms with Gasteiger partial charge in [-0.2, -0.15) is 5.26 Å². The van der Waals surface area contributed by atoms with Gasteiger partial charge in [0.05, 0.1) is 6.10 Å². The van der Waals surface area contributed by atoms with E-state index >= 15 is 0 Å². The van der Waals surface area contributed by atoms with Gasteiger partial charge in [-0.1, -0.05) is 17.9 Å². The lowest BCUT2D eigenvalue weighted by Gasteiger charge is -2.34. The molecule has 0 amide bonds. The van der Waals surface area contributed by atoms with Crippen LogP contribution < -0.4 is 9.47 Å². The van der Waals surface area contributed by atoms with E-state index in [0.717, 1.165) is 24.8 Å². The lowest BCUT2D eigenvalue weighted by molar-refractivity contribution is -0.104. The molecule has 2 aromatic rings. The molecule has 1 fully saturated rings. The third-order valence-electron chi connectivity index (χ3n) is 5.22. The van der Waals surface area contributed by atoms with Crippen molar-refractivity contribution in [2.75, 3.05) is 27.4 Å². The van der Waals surface area contributed by atoms with Gasteiger partial charge in [0.15, 0.2) is 6.61 Å². The molecule has 30 heavy (non-hydrogen) atoms. The van der Waals surface area contributed by atoms with Crippen LogP contribution in [0.4, 0.5) is 4.39 Å². The first-order chi connectivity index (χ1) is 14.6. The zero-order chi connectivity index (χ0) is 21.4. The van der Waals surface area contributed by atoms with E-state index in [2.05, 4.69) is 11.8 Å². The van der Waals surface area contributed by atoms with Gasteiger partial charge in [-0.25, -0.2) is 4.39 Å². The Morgan fingerprint density at radius 2 is 1.93 bits per heavy atom. The van der Waals surface area contributed by atoms with Crippen LogP contribution in [0.15, 0.2) is 42.5 Å². The minimum atomic E-state index is -0.676. The van der Waals surface area contributed by atoms with Crippen LogP contribution >= 0.6 is 0 Å². The predicted octanol–water partition coefficient (Wildman–Crippen LogP) is 4.20. The summed E-state index contributed by atoms with van der Waals surface area (Å²) in [6.07, 6.45) is 2.43. The summed E-state index contributed by atoms with van der Waals surface area (Å²) >= 11 is 0. The predicted molar refractivity (Wildman–Crippen MR) is 110 cm³/mol. The molecule has 5 nitrogen and oxygen atoms in total. The molecular weight excluding hydrogens is 385 g/mol. The number of hydrogen-bond donors (Lipinski definition) is 0. The molecule has 1 saturated carbocycles. The minimum absolute atomic E-state index is 0.0191. The van der Waals surface area contributed by atoms with Crippen molar-refractivity contribution < 1.29 is 23.3 Å². The molecule has 0 bridgehead atoms. The molecule has 1 aliphatic carbocycles. The van der Waals surface area contributed by atoms with Crippen molar-refractivity contribution in [3.8, 4) is 29.4 Å². The van der Waals surface area contributed by atoms with Gasteiger partial charge in [-0.15, -0.1) is 0 Å². The normalized spacial score (nSPS) is 20.1. The van der Waals surface area contributed by atoms with Gasteiger partial charge in [0.25, 0.3) is 0 Å². The number of rotatable bonds is 7. The highest BCUT2D eigenvalue weighted by Crippen LogP contribution is 2.44. The summed E-state index contributed by atoms with van der Waals surface area (Å²) in [4.78, 5) is 0. The summed E-state index contributed by atoms with van der Waals surface area (Å²) in [5, 5.41) is 8.59. The Balaban J connectivity index is 1.71. The molecule has 156 valence electrons. The maximum Gasteiger partial charge on any atom is 0.174 e. The van der Waals surface area contributed by atoms with Gasteiger partial charge in [-0.3, -0.25) is 0 Å². The maximum absolute atomic E-state index is 14.3. The van der Waals surface area contributed by atoms with E-state index in [1.165, 1.54) is 12.1 Å². The summed E-state index contributed by atoms with van der Waals surface area (Å²) in [5.41, 5.74) is 0.769. The molecule has 6 heteroatoms. The van der Waals surface area contributed by atoms with Crippen LogP contribution in [0.3, 0.4) is 0 Å². The largest absolute Gasteiger partial charge is 0.481 e. The SMILES string of the molecule is COC1CCCC1(OC)c1cc(F)cc(OCC#Cc2cccc(OCC#N)c2)c1. The fourth-order valence-corrected chi connectivity index (χ4v) is 3.86. The molecule has 0 saturated heterocycles. The fraction of sp³-hybridized carbons (Fsp3) is 0.375. The molecule has 2 aromatic carbocycles. The van der Waals surface area contributed by atoms with E-state index in [9.17, 15) is 4.39 Å². The van der Waals surface area contributed by atoms with E-state index in [-0.39, 0.29) is 19.3 Å². The highest BCUT2D eigenvalue weighted by Gasteiger charge is 2.45. The van der Waals surface area contributed by atoms with Crippen molar-refractivity contribution in [3.05, 3.63) is 59.4 Å². The van der Waals surface area contributed by atoms with Crippen molar-refractivity contribution in [3.63, 3.8) is 0 Å². The smallest absolute Gasteiger partial charge is 0.174 e. The number of nitrogens with zero attached hydrogens (tertiary/aromatic N) is 1. The van der Waals surface area contributed by atoms with E-state index < -0.39 is 11.4 Å². The van der Waals surface area contributed by atoms with Crippen LogP contribution in [0, 0.1) is 29.0 Å². The molecule has 2 unspecified atom stereocenters. The van der Waals surface area contributed by atoms with Gasteiger partial charge < -0.3 is 18.9 Å². The van der Waals surface area contributed by atoms with E-state index in [0.29, 0.717) is 17.1 Å². The monoisotopic (exact) mass is 409 g/mol. The van der Waals surface area contributed by atoms with Crippen molar-refractivity contribution in [1.29, 1.82) is 5.26 Å². The molecule has 0 N–H and O–H groups in total. The Kier molecular flexibility index (Phi) is 7.30. The summed E-state index contributed by atoms with van der Waals surface area (Å²) in [6.45, 7) is 0.0780. The van der Waals surface area contributed by atoms with E-state index in [1.807, 2.05) is 12.1 Å². The van der Waals surface area contributed by atoms with Crippen molar-refractivity contribution in [2.45, 2.75) is 31.0 Å². The second-order valence-corrected chi connectivity index (χ2v) is 6.95. The first-order valence-corrected chi connectivity index (χ1v) is 9.72. The van der Waals surface area contributed by atoms with Gasteiger partial charge in [-0.05, 0) is 55.2 Å². The number of ether oxygens (including phenoxy) is 4. The highest BCUT2D eigenvalue weighted by atomic mass is 19.1. The van der Waals surface area contributed by atoms with Gasteiger partial charge >= 0.3 is 0 Å². The molecule has 3 rings (SSSR count). The van der Waals surface area contributed by atoms with Crippen LogP contribution in [0.5, 0.6) is 11.5 Å². The molecule has 0 spiro atoms. The lowest BCUT2D eigenvalue weighted by atomic mass is 9.89. The Morgan fingerprint density at radius 3 is 2.70 bits per heavy atom. The highest BCUT2D eigenvalue weighted by molar-refractivity contribution is 5.40. The first-order valence-electron chi connectivity index (χ1n) is 9.72. The average molecular weight is 409 g/mol. The van der Waals surface area contributed by atoms with Crippen LogP contribution in [0.2, 0.25) is 0 Å². The molecule has 0 radical (unpaired) electrons. The second-order valence-electron chi connectivity index (χ2n) is 6.95. The second kappa shape index (κ2) is 10.1. The van der Waals surface area contributed by atoms with Crippen molar-refractivity contribution in [1.82, 2.24) is 0 Å². The third-order valence-corrected chi connectivity index (χ3v) is 5.22. The third kappa shape index (κ3) is 4.91. The lowest BCUT2D eigenvalue weighted by Crippen LogP contribution is -2.38. The van der Waals surface area contributed by atoms with E-state index in [4.69, 9.17) is 24.2 Å². The summed E-state index contributed by atoms with van der Waals surface area (Å²) in [5.74, 6) is 6.47. The molecule has 0 heterocycles. The van der Waals surface area contributed by atoms with Crippen molar-refractivity contribution >= 4 is 0 Å². The summed E-state index contributed by atoms with van der Waals surface area (Å²) in [6, 6.07) is 13.7. The number of hydrogen-bond acceptors (Lipinski definition) is 5. The zero-order valence-corrected chi connectivity index (χ0v) is 17.1. The number of methoxy groups -OCH3 is 2. The number of benzene rings is 2. The van der Waals surface area contributed by atoms with Crippen LogP contribution in [-0.4, -0.2) is 33.5 Å². The maximum atomic E-state index is 14.3. The van der Waals surface area contributed by atoms with Crippen LogP contribution in [-0.2, 0) is 15.1 Å². The fourth-order valence-electron chi connectivity index (χ4n) is 3.86. The topological polar surface area (TPSA) is 60.7 Å². The first kappa shape index (κ1) is 21.6. The van der Waals surface area contributed by atoms with Crippen molar-refractivity contribution in [2.24, 2.45) is 0 Å². The van der Waals surface area contributed by atoms with Crippen LogP contribution in [0.1, 0.15) is 30.4 Å². The Morgan fingerprint density at radius 1 is 1.10 bits per heavy atom. The molecule has 2 atom stereocenters. The molecule has 1 aliphatic rings. The summed E-state index contributed by atoms with van der Waals surface area (Å²) < 4.78 is 36.6. The summed E-state index contributed by atoms with van der Waals surface area (Å²) in [7, 11) is 3.28. The molecule has 0 aliphatic heterocycles. The van der Waals surface area contributed by atoms with Gasteiger partial charge in [0, 0.05) is 25.8 Å².